The van der Waals surface area contributed by atoms with Crippen LogP contribution in [0.2, 0.25) is 0 Å². The van der Waals surface area contributed by atoms with E-state index in [1.807, 2.05) is 18.5 Å². The molecular weight excluding hydrogens is 250 g/mol. The quantitative estimate of drug-likeness (QED) is 0.840. The molecule has 20 heavy (non-hydrogen) atoms. The van der Waals surface area contributed by atoms with Gasteiger partial charge < -0.3 is 4.90 Å². The van der Waals surface area contributed by atoms with Crippen LogP contribution >= 0.6 is 0 Å². The molecule has 1 aromatic rings. The third kappa shape index (κ3) is 3.10. The highest BCUT2D eigenvalue weighted by Gasteiger charge is 2.29. The van der Waals surface area contributed by atoms with E-state index in [1.165, 1.54) is 32.1 Å². The van der Waals surface area contributed by atoms with Crippen molar-refractivity contribution in [2.45, 2.75) is 38.1 Å². The van der Waals surface area contributed by atoms with Gasteiger partial charge in [-0.15, -0.1) is 0 Å². The highest BCUT2D eigenvalue weighted by Crippen LogP contribution is 2.27. The van der Waals surface area contributed by atoms with Gasteiger partial charge in [0.2, 0.25) is 5.95 Å². The summed E-state index contributed by atoms with van der Waals surface area (Å²) in [6.07, 6.45) is 10.3. The molecule has 0 bridgehead atoms. The molecule has 2 aliphatic rings. The molecule has 0 aromatic carbocycles. The van der Waals surface area contributed by atoms with Gasteiger partial charge >= 0.3 is 0 Å². The van der Waals surface area contributed by atoms with E-state index in [0.29, 0.717) is 6.04 Å². The van der Waals surface area contributed by atoms with Crippen LogP contribution in [-0.2, 0) is 0 Å². The Bertz CT molecular complexity index is 396. The van der Waals surface area contributed by atoms with Crippen molar-refractivity contribution in [2.75, 3.05) is 38.2 Å². The minimum absolute atomic E-state index is 0.578. The average molecular weight is 275 g/mol. The van der Waals surface area contributed by atoms with Crippen LogP contribution in [0.4, 0.5) is 5.95 Å². The minimum Gasteiger partial charge on any atom is -0.304 e. The number of piperazine rings is 1. The predicted octanol–water partition coefficient (Wildman–Crippen LogP) is 1.78. The van der Waals surface area contributed by atoms with E-state index in [-0.39, 0.29) is 0 Å². The molecule has 2 heterocycles. The van der Waals surface area contributed by atoms with E-state index in [2.05, 4.69) is 31.9 Å². The smallest absolute Gasteiger partial charge is 0.240 e. The van der Waals surface area contributed by atoms with Gasteiger partial charge in [0.1, 0.15) is 0 Å². The molecule has 5 heteroatoms. The molecule has 1 saturated carbocycles. The molecule has 0 spiro atoms. The number of rotatable bonds is 3. The fraction of sp³-hybridized carbons (Fsp3) is 0.733. The average Bonchev–Trinajstić information content (AvgIpc) is 2.52. The van der Waals surface area contributed by atoms with Crippen LogP contribution in [0.5, 0.6) is 0 Å². The summed E-state index contributed by atoms with van der Waals surface area (Å²) in [5.41, 5.74) is 0. The van der Waals surface area contributed by atoms with Crippen LogP contribution in [0.25, 0.3) is 0 Å². The lowest BCUT2D eigenvalue weighted by Gasteiger charge is -2.45. The van der Waals surface area contributed by atoms with Crippen molar-refractivity contribution in [3.8, 4) is 0 Å². The fourth-order valence-electron chi connectivity index (χ4n) is 3.27. The Morgan fingerprint density at radius 2 is 1.65 bits per heavy atom. The summed E-state index contributed by atoms with van der Waals surface area (Å²) in [5.74, 6) is 0.879. The maximum absolute atomic E-state index is 4.51. The highest BCUT2D eigenvalue weighted by molar-refractivity contribution is 5.29. The van der Waals surface area contributed by atoms with Crippen LogP contribution in [0.15, 0.2) is 18.5 Å². The summed E-state index contributed by atoms with van der Waals surface area (Å²) >= 11 is 0. The predicted molar refractivity (Wildman–Crippen MR) is 80.5 cm³/mol. The largest absolute Gasteiger partial charge is 0.304 e. The summed E-state index contributed by atoms with van der Waals surface area (Å²) in [6, 6.07) is 2.47. The lowest BCUT2D eigenvalue weighted by atomic mass is 9.95. The zero-order chi connectivity index (χ0) is 13.8. The molecule has 0 N–H and O–H groups in total. The molecule has 0 amide bonds. The zero-order valence-corrected chi connectivity index (χ0v) is 12.4. The first-order valence-corrected chi connectivity index (χ1v) is 7.84. The van der Waals surface area contributed by atoms with Crippen molar-refractivity contribution in [3.05, 3.63) is 18.5 Å². The number of likely N-dealkylation sites (N-methyl/N-ethyl adjacent to an activating group) is 1. The van der Waals surface area contributed by atoms with Gasteiger partial charge in [-0.25, -0.2) is 15.0 Å². The summed E-state index contributed by atoms with van der Waals surface area (Å²) in [5, 5.41) is 4.86. The highest BCUT2D eigenvalue weighted by atomic mass is 15.7. The minimum atomic E-state index is 0.578. The van der Waals surface area contributed by atoms with Gasteiger partial charge in [-0.1, -0.05) is 19.3 Å². The number of anilines is 1. The molecule has 0 atom stereocenters. The Balaban J connectivity index is 1.79. The Hall–Kier alpha value is -1.20. The van der Waals surface area contributed by atoms with Crippen molar-refractivity contribution in [1.82, 2.24) is 19.9 Å². The third-order valence-electron chi connectivity index (χ3n) is 4.46. The monoisotopic (exact) mass is 275 g/mol. The first kappa shape index (κ1) is 13.8. The van der Waals surface area contributed by atoms with Gasteiger partial charge in [0.25, 0.3) is 0 Å². The van der Waals surface area contributed by atoms with E-state index >= 15 is 0 Å². The Morgan fingerprint density at radius 3 is 2.30 bits per heavy atom. The van der Waals surface area contributed by atoms with E-state index in [1.54, 1.807) is 0 Å². The van der Waals surface area contributed by atoms with Crippen molar-refractivity contribution in [3.63, 3.8) is 0 Å². The van der Waals surface area contributed by atoms with Gasteiger partial charge in [-0.05, 0) is 26.0 Å². The molecule has 0 radical (unpaired) electrons. The van der Waals surface area contributed by atoms with E-state index in [4.69, 9.17) is 0 Å². The van der Waals surface area contributed by atoms with Crippen LogP contribution in [-0.4, -0.2) is 59.1 Å². The third-order valence-corrected chi connectivity index (χ3v) is 4.46. The lowest BCUT2D eigenvalue weighted by molar-refractivity contribution is 0.119. The summed E-state index contributed by atoms with van der Waals surface area (Å²) in [4.78, 5) is 11.4. The second-order valence-corrected chi connectivity index (χ2v) is 5.94. The molecule has 1 aromatic heterocycles. The maximum Gasteiger partial charge on any atom is 0.240 e. The van der Waals surface area contributed by atoms with Crippen molar-refractivity contribution in [2.24, 2.45) is 0 Å². The number of hydrogen-bond donors (Lipinski definition) is 0. The second-order valence-electron chi connectivity index (χ2n) is 5.94. The van der Waals surface area contributed by atoms with Crippen LogP contribution in [0, 0.1) is 0 Å². The molecule has 3 rings (SSSR count). The standard InChI is InChI=1S/C15H25N5/c1-18-10-12-19(13-11-18)20(14-6-3-2-4-7-14)15-16-8-5-9-17-15/h5,8-9,14H,2-4,6-7,10-13H2,1H3. The van der Waals surface area contributed by atoms with Crippen LogP contribution < -0.4 is 5.01 Å². The van der Waals surface area contributed by atoms with Gasteiger partial charge in [0.15, 0.2) is 0 Å². The topological polar surface area (TPSA) is 35.5 Å². The molecule has 110 valence electrons. The Kier molecular flexibility index (Phi) is 4.47. The van der Waals surface area contributed by atoms with Gasteiger partial charge in [0, 0.05) is 44.6 Å². The van der Waals surface area contributed by atoms with Crippen LogP contribution in [0.1, 0.15) is 32.1 Å². The fourth-order valence-corrected chi connectivity index (χ4v) is 3.27. The summed E-state index contributed by atoms with van der Waals surface area (Å²) < 4.78 is 0. The Morgan fingerprint density at radius 1 is 1.00 bits per heavy atom. The lowest BCUT2D eigenvalue weighted by Crippen LogP contribution is -2.57. The van der Waals surface area contributed by atoms with Gasteiger partial charge in [-0.3, -0.25) is 5.01 Å². The van der Waals surface area contributed by atoms with Gasteiger partial charge in [0.05, 0.1) is 0 Å². The molecular formula is C15H25N5. The molecule has 1 aliphatic carbocycles. The first-order chi connectivity index (χ1) is 9.84. The second kappa shape index (κ2) is 6.50. The number of hydrogen-bond acceptors (Lipinski definition) is 5. The van der Waals surface area contributed by atoms with Crippen molar-refractivity contribution >= 4 is 5.95 Å². The van der Waals surface area contributed by atoms with E-state index < -0.39 is 0 Å². The van der Waals surface area contributed by atoms with Crippen LogP contribution in [0.3, 0.4) is 0 Å². The summed E-state index contributed by atoms with van der Waals surface area (Å²) in [6.45, 7) is 4.39. The Labute approximate surface area is 121 Å². The zero-order valence-electron chi connectivity index (χ0n) is 12.4. The molecule has 2 fully saturated rings. The van der Waals surface area contributed by atoms with E-state index in [0.717, 1.165) is 32.1 Å². The molecule has 1 aliphatic heterocycles. The molecule has 0 unspecified atom stereocenters. The van der Waals surface area contributed by atoms with Crippen molar-refractivity contribution < 1.29 is 0 Å². The molecule has 5 nitrogen and oxygen atoms in total. The maximum atomic E-state index is 4.51. The summed E-state index contributed by atoms with van der Waals surface area (Å²) in [7, 11) is 2.20. The first-order valence-electron chi connectivity index (χ1n) is 7.84. The SMILES string of the molecule is CN1CCN(N(c2ncccn2)C2CCCCC2)CC1. The van der Waals surface area contributed by atoms with Gasteiger partial charge in [-0.2, -0.15) is 0 Å². The van der Waals surface area contributed by atoms with Crippen molar-refractivity contribution in [1.29, 1.82) is 0 Å². The number of aromatic nitrogens is 2. The molecule has 1 saturated heterocycles. The normalized spacial score (nSPS) is 22.9. The number of nitrogens with zero attached hydrogens (tertiary/aromatic N) is 5. The van der Waals surface area contributed by atoms with E-state index in [9.17, 15) is 0 Å². The number of hydrazine groups is 1.